The molecule has 0 amide bonds. The topological polar surface area (TPSA) is 73.6 Å². The Kier molecular flexibility index (Phi) is 9.03. The fourth-order valence-electron chi connectivity index (χ4n) is 5.36. The van der Waals surface area contributed by atoms with Gasteiger partial charge in [-0.15, -0.1) is 5.10 Å². The molecular formula is C29H31BrF3N7O. The molecule has 5 rings (SSSR count). The van der Waals surface area contributed by atoms with Gasteiger partial charge >= 0.3 is 0 Å². The quantitative estimate of drug-likeness (QED) is 0.282. The van der Waals surface area contributed by atoms with Gasteiger partial charge in [0.2, 0.25) is 0 Å². The zero-order valence-corrected chi connectivity index (χ0v) is 24.2. The van der Waals surface area contributed by atoms with Crippen molar-refractivity contribution in [2.24, 2.45) is 0 Å². The first-order valence-electron chi connectivity index (χ1n) is 13.3. The van der Waals surface area contributed by atoms with Crippen LogP contribution in [0.15, 0.2) is 71.5 Å². The van der Waals surface area contributed by atoms with Crippen molar-refractivity contribution < 1.29 is 18.3 Å². The Hall–Kier alpha value is -3.32. The van der Waals surface area contributed by atoms with Gasteiger partial charge in [0.15, 0.2) is 0 Å². The zero-order chi connectivity index (χ0) is 29.0. The van der Waals surface area contributed by atoms with E-state index in [2.05, 4.69) is 53.4 Å². The molecule has 0 radical (unpaired) electrons. The van der Waals surface area contributed by atoms with Crippen molar-refractivity contribution in [1.29, 1.82) is 0 Å². The minimum Gasteiger partial charge on any atom is -0.382 e. The molecule has 1 unspecified atom stereocenters. The Labute approximate surface area is 245 Å². The Morgan fingerprint density at radius 3 is 2.34 bits per heavy atom. The number of benzene rings is 3. The molecule has 0 aliphatic carbocycles. The van der Waals surface area contributed by atoms with Crippen LogP contribution in [0.2, 0.25) is 0 Å². The van der Waals surface area contributed by atoms with Gasteiger partial charge in [-0.05, 0) is 65.0 Å². The lowest BCUT2D eigenvalue weighted by molar-refractivity contribution is -0.0178. The highest BCUT2D eigenvalue weighted by molar-refractivity contribution is 9.10. The molecule has 1 fully saturated rings. The molecule has 1 N–H and O–H groups in total. The molecule has 1 aromatic heterocycles. The van der Waals surface area contributed by atoms with Gasteiger partial charge in [-0.25, -0.2) is 17.9 Å². The van der Waals surface area contributed by atoms with Gasteiger partial charge in [0.1, 0.15) is 29.4 Å². The van der Waals surface area contributed by atoms with Gasteiger partial charge in [0.05, 0.1) is 6.54 Å². The first-order valence-corrected chi connectivity index (χ1v) is 14.0. The standard InChI is InChI=1S/C29H31BrF3N7O/c1-37(18-29(41,19-40-20-34-35-36-40)27-7-4-24(31)15-28(27)33)16-21-2-5-26(6-3-21)39-10-8-38(9-11-39)17-22-12-23(30)14-25(32)13-22/h2-7,12-15,20,41H,8-11,16-19H2,1H3. The van der Waals surface area contributed by atoms with Crippen molar-refractivity contribution in [3.05, 3.63) is 106 Å². The fraction of sp³-hybridized carbons (Fsp3) is 0.345. The number of hydrogen-bond donors (Lipinski definition) is 1. The van der Waals surface area contributed by atoms with E-state index in [9.17, 15) is 18.3 Å². The van der Waals surface area contributed by atoms with Crippen LogP contribution in [-0.4, -0.2) is 74.9 Å². The van der Waals surface area contributed by atoms with Gasteiger partial charge < -0.3 is 10.0 Å². The largest absolute Gasteiger partial charge is 0.382 e. The summed E-state index contributed by atoms with van der Waals surface area (Å²) < 4.78 is 44.1. The summed E-state index contributed by atoms with van der Waals surface area (Å²) in [7, 11) is 1.83. The molecule has 1 saturated heterocycles. The van der Waals surface area contributed by atoms with Gasteiger partial charge in [-0.2, -0.15) is 0 Å². The van der Waals surface area contributed by atoms with Crippen LogP contribution < -0.4 is 4.90 Å². The second kappa shape index (κ2) is 12.7. The molecule has 3 aromatic carbocycles. The fourth-order valence-corrected chi connectivity index (χ4v) is 5.87. The van der Waals surface area contributed by atoms with E-state index < -0.39 is 17.2 Å². The highest BCUT2D eigenvalue weighted by Crippen LogP contribution is 2.28. The van der Waals surface area contributed by atoms with E-state index in [-0.39, 0.29) is 24.5 Å². The molecule has 41 heavy (non-hydrogen) atoms. The molecule has 1 aliphatic rings. The lowest BCUT2D eigenvalue weighted by Crippen LogP contribution is -2.46. The number of hydrogen-bond acceptors (Lipinski definition) is 7. The summed E-state index contributed by atoms with van der Waals surface area (Å²) in [5.74, 6) is -1.79. The van der Waals surface area contributed by atoms with Crippen molar-refractivity contribution >= 4 is 21.6 Å². The minimum absolute atomic E-state index is 0.0271. The highest BCUT2D eigenvalue weighted by Gasteiger charge is 2.35. The molecule has 0 saturated carbocycles. The van der Waals surface area contributed by atoms with Crippen LogP contribution in [0.4, 0.5) is 18.9 Å². The Balaban J connectivity index is 1.19. The SMILES string of the molecule is CN(Cc1ccc(N2CCN(Cc3cc(F)cc(Br)c3)CC2)cc1)CC(O)(Cn1cnnn1)c1ccc(F)cc1F. The maximum absolute atomic E-state index is 14.7. The van der Waals surface area contributed by atoms with Crippen molar-refractivity contribution in [3.63, 3.8) is 0 Å². The zero-order valence-electron chi connectivity index (χ0n) is 22.6. The molecule has 12 heteroatoms. The maximum Gasteiger partial charge on any atom is 0.138 e. The van der Waals surface area contributed by atoms with E-state index in [0.717, 1.165) is 59.6 Å². The predicted octanol–water partition coefficient (Wildman–Crippen LogP) is 4.19. The van der Waals surface area contributed by atoms with E-state index in [1.165, 1.54) is 23.1 Å². The van der Waals surface area contributed by atoms with E-state index in [1.54, 1.807) is 6.07 Å². The summed E-state index contributed by atoms with van der Waals surface area (Å²) in [6, 6.07) is 16.4. The number of anilines is 1. The number of nitrogens with zero attached hydrogens (tertiary/aromatic N) is 7. The molecule has 2 heterocycles. The van der Waals surface area contributed by atoms with Crippen molar-refractivity contribution in [2.45, 2.75) is 25.2 Å². The predicted molar refractivity (Wildman–Crippen MR) is 152 cm³/mol. The van der Waals surface area contributed by atoms with Crippen LogP contribution in [-0.2, 0) is 25.2 Å². The lowest BCUT2D eigenvalue weighted by atomic mass is 9.92. The van der Waals surface area contributed by atoms with Crippen molar-refractivity contribution in [2.75, 3.05) is 44.7 Å². The summed E-state index contributed by atoms with van der Waals surface area (Å²) in [5.41, 5.74) is 1.36. The summed E-state index contributed by atoms with van der Waals surface area (Å²) in [6.07, 6.45) is 1.34. The number of halogens is 4. The first kappa shape index (κ1) is 29.2. The highest BCUT2D eigenvalue weighted by atomic mass is 79.9. The summed E-state index contributed by atoms with van der Waals surface area (Å²) >= 11 is 3.36. The Bertz CT molecular complexity index is 1430. The van der Waals surface area contributed by atoms with Gasteiger partial charge in [0.25, 0.3) is 0 Å². The summed E-state index contributed by atoms with van der Waals surface area (Å²) in [4.78, 5) is 6.53. The van der Waals surface area contributed by atoms with Crippen molar-refractivity contribution in [1.82, 2.24) is 30.0 Å². The summed E-state index contributed by atoms with van der Waals surface area (Å²) in [5, 5.41) is 22.6. The molecule has 4 aromatic rings. The molecule has 0 spiro atoms. The Morgan fingerprint density at radius 2 is 1.68 bits per heavy atom. The van der Waals surface area contributed by atoms with Crippen LogP contribution in [0.25, 0.3) is 0 Å². The monoisotopic (exact) mass is 629 g/mol. The minimum atomic E-state index is -1.71. The number of rotatable bonds is 10. The van der Waals surface area contributed by atoms with E-state index in [4.69, 9.17) is 0 Å². The molecule has 1 aliphatic heterocycles. The van der Waals surface area contributed by atoms with Crippen LogP contribution in [0.3, 0.4) is 0 Å². The van der Waals surface area contributed by atoms with E-state index in [0.29, 0.717) is 13.1 Å². The second-order valence-corrected chi connectivity index (χ2v) is 11.5. The maximum atomic E-state index is 14.7. The average Bonchev–Trinajstić information content (AvgIpc) is 3.41. The number of piperazine rings is 1. The third kappa shape index (κ3) is 7.50. The van der Waals surface area contributed by atoms with E-state index >= 15 is 0 Å². The number of likely N-dealkylation sites (N-methyl/N-ethyl adjacent to an activating group) is 1. The number of aliphatic hydroxyl groups is 1. The van der Waals surface area contributed by atoms with Crippen LogP contribution in [0.5, 0.6) is 0 Å². The van der Waals surface area contributed by atoms with E-state index in [1.807, 2.05) is 30.1 Å². The lowest BCUT2D eigenvalue weighted by Gasteiger charge is -2.36. The summed E-state index contributed by atoms with van der Waals surface area (Å²) in [6.45, 7) is 4.63. The number of tetrazole rings is 1. The molecular weight excluding hydrogens is 599 g/mol. The molecule has 0 bridgehead atoms. The van der Waals surface area contributed by atoms with Crippen LogP contribution >= 0.6 is 15.9 Å². The average molecular weight is 631 g/mol. The van der Waals surface area contributed by atoms with Gasteiger partial charge in [0, 0.05) is 67.6 Å². The van der Waals surface area contributed by atoms with Gasteiger partial charge in [-0.3, -0.25) is 9.80 Å². The Morgan fingerprint density at radius 1 is 0.927 bits per heavy atom. The second-order valence-electron chi connectivity index (χ2n) is 10.5. The van der Waals surface area contributed by atoms with Crippen LogP contribution in [0, 0.1) is 17.5 Å². The molecule has 8 nitrogen and oxygen atoms in total. The third-order valence-corrected chi connectivity index (χ3v) is 7.69. The number of aromatic nitrogens is 4. The van der Waals surface area contributed by atoms with Gasteiger partial charge in [-0.1, -0.05) is 34.1 Å². The van der Waals surface area contributed by atoms with Crippen molar-refractivity contribution in [3.8, 4) is 0 Å². The molecule has 216 valence electrons. The third-order valence-electron chi connectivity index (χ3n) is 7.23. The normalized spacial score (nSPS) is 15.8. The molecule has 1 atom stereocenters. The smallest absolute Gasteiger partial charge is 0.138 e. The first-order chi connectivity index (χ1) is 19.7. The van der Waals surface area contributed by atoms with Crippen LogP contribution in [0.1, 0.15) is 16.7 Å².